The van der Waals surface area contributed by atoms with Gasteiger partial charge in [-0.3, -0.25) is 14.4 Å². The first kappa shape index (κ1) is 21.8. The van der Waals surface area contributed by atoms with Gasteiger partial charge in [0.15, 0.2) is 0 Å². The highest BCUT2D eigenvalue weighted by molar-refractivity contribution is 5.95. The minimum atomic E-state index is -0.442. The standard InChI is InChI=1S/C25H35N3O3/c1-19-6-5-9-21(16-19)17-27-18-24(30)28-15-14-26(13-12-22(28)25(27)31)23(29)11-10-20-7-3-2-4-8-20/h5-6,9,16,20,22H,2-4,7-8,10-15,17-18H2,1H3. The number of piperazine rings is 1. The van der Waals surface area contributed by atoms with Crippen LogP contribution >= 0.6 is 0 Å². The highest BCUT2D eigenvalue weighted by Crippen LogP contribution is 2.28. The lowest BCUT2D eigenvalue weighted by molar-refractivity contribution is -0.156. The Balaban J connectivity index is 1.35. The number of fused-ring (bicyclic) bond motifs is 1. The van der Waals surface area contributed by atoms with E-state index in [1.165, 1.54) is 32.1 Å². The Kier molecular flexibility index (Phi) is 6.93. The lowest BCUT2D eigenvalue weighted by Gasteiger charge is -2.39. The fourth-order valence-corrected chi connectivity index (χ4v) is 5.40. The molecule has 1 saturated carbocycles. The number of hydrogen-bond donors (Lipinski definition) is 0. The maximum absolute atomic E-state index is 13.2. The van der Waals surface area contributed by atoms with Crippen molar-refractivity contribution in [3.05, 3.63) is 35.4 Å². The SMILES string of the molecule is Cc1cccc(CN2CC(=O)N3CCN(C(=O)CCC4CCCCC4)CCC3C2=O)c1. The molecule has 2 aliphatic heterocycles. The molecule has 0 spiro atoms. The lowest BCUT2D eigenvalue weighted by atomic mass is 9.86. The minimum Gasteiger partial charge on any atom is -0.341 e. The van der Waals surface area contributed by atoms with E-state index in [1.54, 1.807) is 9.80 Å². The van der Waals surface area contributed by atoms with Gasteiger partial charge in [0, 0.05) is 32.6 Å². The summed E-state index contributed by atoms with van der Waals surface area (Å²) in [5.74, 6) is 0.877. The van der Waals surface area contributed by atoms with Crippen LogP contribution in [0.2, 0.25) is 0 Å². The summed E-state index contributed by atoms with van der Waals surface area (Å²) in [7, 11) is 0. The van der Waals surface area contributed by atoms with Crippen LogP contribution in [0.1, 0.15) is 62.5 Å². The van der Waals surface area contributed by atoms with E-state index < -0.39 is 6.04 Å². The van der Waals surface area contributed by atoms with Gasteiger partial charge < -0.3 is 14.7 Å². The number of carbonyl (C=O) groups excluding carboxylic acids is 3. The van der Waals surface area contributed by atoms with Crippen molar-refractivity contribution in [1.29, 1.82) is 0 Å². The van der Waals surface area contributed by atoms with Crippen molar-refractivity contribution in [2.45, 2.75) is 70.9 Å². The Morgan fingerprint density at radius 1 is 1.03 bits per heavy atom. The maximum atomic E-state index is 13.2. The van der Waals surface area contributed by atoms with E-state index in [2.05, 4.69) is 6.07 Å². The van der Waals surface area contributed by atoms with Gasteiger partial charge in [0.1, 0.15) is 12.6 Å². The van der Waals surface area contributed by atoms with E-state index in [-0.39, 0.29) is 24.3 Å². The summed E-state index contributed by atoms with van der Waals surface area (Å²) < 4.78 is 0. The molecule has 3 fully saturated rings. The molecule has 1 aromatic rings. The van der Waals surface area contributed by atoms with E-state index in [1.807, 2.05) is 30.0 Å². The van der Waals surface area contributed by atoms with E-state index >= 15 is 0 Å². The average molecular weight is 426 g/mol. The maximum Gasteiger partial charge on any atom is 0.246 e. The van der Waals surface area contributed by atoms with Gasteiger partial charge in [-0.05, 0) is 31.2 Å². The molecule has 0 bridgehead atoms. The third-order valence-electron chi connectivity index (χ3n) is 7.20. The van der Waals surface area contributed by atoms with Crippen molar-refractivity contribution in [1.82, 2.24) is 14.7 Å². The summed E-state index contributed by atoms with van der Waals surface area (Å²) in [6.45, 7) is 4.17. The Hall–Kier alpha value is -2.37. The van der Waals surface area contributed by atoms with Crippen LogP contribution in [0.3, 0.4) is 0 Å². The van der Waals surface area contributed by atoms with Crippen LogP contribution in [-0.4, -0.2) is 64.6 Å². The molecule has 0 N–H and O–H groups in total. The Morgan fingerprint density at radius 2 is 1.84 bits per heavy atom. The zero-order valence-electron chi connectivity index (χ0n) is 18.7. The second-order valence-corrected chi connectivity index (χ2v) is 9.50. The molecule has 3 aliphatic rings. The summed E-state index contributed by atoms with van der Waals surface area (Å²) >= 11 is 0. The topological polar surface area (TPSA) is 60.9 Å². The number of hydrogen-bond acceptors (Lipinski definition) is 3. The monoisotopic (exact) mass is 425 g/mol. The lowest BCUT2D eigenvalue weighted by Crippen LogP contribution is -2.59. The summed E-state index contributed by atoms with van der Waals surface area (Å²) in [6, 6.07) is 7.62. The van der Waals surface area contributed by atoms with Crippen LogP contribution in [0.25, 0.3) is 0 Å². The van der Waals surface area contributed by atoms with Crippen molar-refractivity contribution in [2.75, 3.05) is 26.2 Å². The third kappa shape index (κ3) is 5.28. The molecule has 6 heteroatoms. The highest BCUT2D eigenvalue weighted by atomic mass is 16.2. The van der Waals surface area contributed by atoms with E-state index in [0.717, 1.165) is 17.5 Å². The molecular formula is C25H35N3O3. The van der Waals surface area contributed by atoms with E-state index in [4.69, 9.17) is 0 Å². The molecule has 0 radical (unpaired) electrons. The quantitative estimate of drug-likeness (QED) is 0.728. The van der Waals surface area contributed by atoms with Crippen molar-refractivity contribution in [3.8, 4) is 0 Å². The molecule has 1 atom stereocenters. The van der Waals surface area contributed by atoms with Crippen LogP contribution in [0.5, 0.6) is 0 Å². The van der Waals surface area contributed by atoms with Crippen molar-refractivity contribution < 1.29 is 14.4 Å². The van der Waals surface area contributed by atoms with Gasteiger partial charge in [-0.15, -0.1) is 0 Å². The van der Waals surface area contributed by atoms with Gasteiger partial charge in [0.2, 0.25) is 17.7 Å². The molecule has 0 aromatic heterocycles. The normalized spacial score (nSPS) is 23.0. The molecule has 1 aromatic carbocycles. The molecule has 31 heavy (non-hydrogen) atoms. The van der Waals surface area contributed by atoms with Crippen LogP contribution in [0, 0.1) is 12.8 Å². The molecule has 2 heterocycles. The number of nitrogens with zero attached hydrogens (tertiary/aromatic N) is 3. The molecule has 168 valence electrons. The Labute approximate surface area is 185 Å². The summed E-state index contributed by atoms with van der Waals surface area (Å²) in [4.78, 5) is 44.1. The summed E-state index contributed by atoms with van der Waals surface area (Å²) in [6.07, 6.45) is 8.53. The first-order chi connectivity index (χ1) is 15.0. The second kappa shape index (κ2) is 9.84. The number of rotatable bonds is 5. The molecule has 6 nitrogen and oxygen atoms in total. The third-order valence-corrected chi connectivity index (χ3v) is 7.20. The fraction of sp³-hybridized carbons (Fsp3) is 0.640. The predicted octanol–water partition coefficient (Wildman–Crippen LogP) is 3.13. The van der Waals surface area contributed by atoms with Gasteiger partial charge in [0.25, 0.3) is 0 Å². The largest absolute Gasteiger partial charge is 0.341 e. The Morgan fingerprint density at radius 3 is 2.61 bits per heavy atom. The van der Waals surface area contributed by atoms with E-state index in [0.29, 0.717) is 44.9 Å². The van der Waals surface area contributed by atoms with E-state index in [9.17, 15) is 14.4 Å². The molecule has 4 rings (SSSR count). The fourth-order valence-electron chi connectivity index (χ4n) is 5.40. The van der Waals surface area contributed by atoms with Crippen LogP contribution in [0.4, 0.5) is 0 Å². The molecule has 3 amide bonds. The summed E-state index contributed by atoms with van der Waals surface area (Å²) in [5, 5.41) is 0. The molecule has 1 unspecified atom stereocenters. The van der Waals surface area contributed by atoms with Crippen LogP contribution < -0.4 is 0 Å². The average Bonchev–Trinajstić information content (AvgIpc) is 3.00. The smallest absolute Gasteiger partial charge is 0.246 e. The highest BCUT2D eigenvalue weighted by Gasteiger charge is 2.41. The number of benzene rings is 1. The first-order valence-corrected chi connectivity index (χ1v) is 11.9. The van der Waals surface area contributed by atoms with Gasteiger partial charge in [-0.2, -0.15) is 0 Å². The number of carbonyl (C=O) groups is 3. The van der Waals surface area contributed by atoms with Gasteiger partial charge >= 0.3 is 0 Å². The zero-order valence-corrected chi connectivity index (χ0v) is 18.7. The van der Waals surface area contributed by atoms with Gasteiger partial charge in [-0.1, -0.05) is 61.9 Å². The number of aryl methyl sites for hydroxylation is 1. The van der Waals surface area contributed by atoms with Crippen molar-refractivity contribution >= 4 is 17.7 Å². The first-order valence-electron chi connectivity index (χ1n) is 11.9. The molecule has 1 aliphatic carbocycles. The molecule has 2 saturated heterocycles. The van der Waals surface area contributed by atoms with Gasteiger partial charge in [-0.25, -0.2) is 0 Å². The second-order valence-electron chi connectivity index (χ2n) is 9.50. The summed E-state index contributed by atoms with van der Waals surface area (Å²) in [5.41, 5.74) is 2.19. The Bertz CT molecular complexity index is 818. The molecular weight excluding hydrogens is 390 g/mol. The van der Waals surface area contributed by atoms with Gasteiger partial charge in [0.05, 0.1) is 0 Å². The van der Waals surface area contributed by atoms with Crippen LogP contribution in [-0.2, 0) is 20.9 Å². The van der Waals surface area contributed by atoms with Crippen LogP contribution in [0.15, 0.2) is 24.3 Å². The number of amides is 3. The van der Waals surface area contributed by atoms with Crippen molar-refractivity contribution in [3.63, 3.8) is 0 Å². The van der Waals surface area contributed by atoms with Crippen molar-refractivity contribution in [2.24, 2.45) is 5.92 Å². The zero-order chi connectivity index (χ0) is 21.8. The predicted molar refractivity (Wildman–Crippen MR) is 119 cm³/mol. The minimum absolute atomic E-state index is 0.00578.